The summed E-state index contributed by atoms with van der Waals surface area (Å²) in [5, 5.41) is 6.85. The maximum Gasteiger partial charge on any atom is 0.256 e. The minimum atomic E-state index is -0.172. The van der Waals surface area contributed by atoms with E-state index in [-0.39, 0.29) is 23.8 Å². The van der Waals surface area contributed by atoms with Gasteiger partial charge < -0.3 is 11.1 Å². The molecule has 3 N–H and O–H groups in total. The van der Waals surface area contributed by atoms with Crippen LogP contribution in [0.2, 0.25) is 0 Å². The van der Waals surface area contributed by atoms with Crippen LogP contribution in [-0.4, -0.2) is 21.7 Å². The third-order valence-corrected chi connectivity index (χ3v) is 1.95. The largest absolute Gasteiger partial charge is 0.382 e. The topological polar surface area (TPSA) is 72.9 Å². The van der Waals surface area contributed by atoms with Crippen molar-refractivity contribution >= 4 is 11.7 Å². The Balaban J connectivity index is 2.89. The SMILES string of the molecule is CC(C)NC(=O)c1cn(C(C)C)nc1N. The van der Waals surface area contributed by atoms with Crippen molar-refractivity contribution in [3.8, 4) is 0 Å². The molecule has 1 heterocycles. The lowest BCUT2D eigenvalue weighted by Crippen LogP contribution is -2.30. The van der Waals surface area contributed by atoms with Crippen LogP contribution in [0.1, 0.15) is 44.1 Å². The molecule has 0 aliphatic rings. The molecule has 0 bridgehead atoms. The van der Waals surface area contributed by atoms with Crippen molar-refractivity contribution in [2.45, 2.75) is 39.8 Å². The summed E-state index contributed by atoms with van der Waals surface area (Å²) in [6.45, 7) is 7.77. The number of nitrogens with two attached hydrogens (primary N) is 1. The lowest BCUT2D eigenvalue weighted by atomic mass is 10.3. The first-order valence-electron chi connectivity index (χ1n) is 5.07. The fourth-order valence-electron chi connectivity index (χ4n) is 1.18. The van der Waals surface area contributed by atoms with E-state index in [1.807, 2.05) is 27.7 Å². The molecule has 0 spiro atoms. The molecule has 0 radical (unpaired) electrons. The van der Waals surface area contributed by atoms with E-state index < -0.39 is 0 Å². The molecule has 0 saturated carbocycles. The van der Waals surface area contributed by atoms with Gasteiger partial charge in [-0.25, -0.2) is 0 Å². The van der Waals surface area contributed by atoms with Gasteiger partial charge in [-0.15, -0.1) is 0 Å². The van der Waals surface area contributed by atoms with E-state index in [0.717, 1.165) is 0 Å². The molecule has 0 aliphatic carbocycles. The second kappa shape index (κ2) is 4.33. The summed E-state index contributed by atoms with van der Waals surface area (Å²) in [5.41, 5.74) is 6.11. The molecule has 5 nitrogen and oxygen atoms in total. The number of hydrogen-bond donors (Lipinski definition) is 2. The van der Waals surface area contributed by atoms with Gasteiger partial charge in [0.25, 0.3) is 5.91 Å². The first kappa shape index (κ1) is 11.6. The Morgan fingerprint density at radius 1 is 1.47 bits per heavy atom. The lowest BCUT2D eigenvalue weighted by Gasteiger charge is -2.06. The van der Waals surface area contributed by atoms with E-state index in [2.05, 4.69) is 10.4 Å². The first-order chi connectivity index (χ1) is 6.91. The third kappa shape index (κ3) is 2.71. The van der Waals surface area contributed by atoms with E-state index in [4.69, 9.17) is 5.73 Å². The lowest BCUT2D eigenvalue weighted by molar-refractivity contribution is 0.0944. The molecule has 15 heavy (non-hydrogen) atoms. The number of aromatic nitrogens is 2. The van der Waals surface area contributed by atoms with E-state index in [1.165, 1.54) is 0 Å². The Morgan fingerprint density at radius 2 is 2.07 bits per heavy atom. The number of nitrogens with one attached hydrogen (secondary N) is 1. The van der Waals surface area contributed by atoms with Crippen molar-refractivity contribution in [2.75, 3.05) is 5.73 Å². The number of amides is 1. The zero-order valence-corrected chi connectivity index (χ0v) is 9.61. The number of nitrogen functional groups attached to an aromatic ring is 1. The predicted molar refractivity (Wildman–Crippen MR) is 59.6 cm³/mol. The number of anilines is 1. The highest BCUT2D eigenvalue weighted by molar-refractivity contribution is 5.98. The van der Waals surface area contributed by atoms with Crippen LogP contribution in [-0.2, 0) is 0 Å². The van der Waals surface area contributed by atoms with Gasteiger partial charge in [0.05, 0.1) is 0 Å². The van der Waals surface area contributed by atoms with Gasteiger partial charge in [0.1, 0.15) is 5.56 Å². The Labute approximate surface area is 89.6 Å². The highest BCUT2D eigenvalue weighted by Crippen LogP contribution is 2.12. The molecule has 1 aromatic heterocycles. The molecule has 1 aromatic rings. The number of rotatable bonds is 3. The van der Waals surface area contributed by atoms with Gasteiger partial charge in [-0.1, -0.05) is 0 Å². The van der Waals surface area contributed by atoms with Gasteiger partial charge in [0.15, 0.2) is 5.82 Å². The molecule has 1 amide bonds. The average molecular weight is 210 g/mol. The van der Waals surface area contributed by atoms with Crippen LogP contribution < -0.4 is 11.1 Å². The van der Waals surface area contributed by atoms with Crippen LogP contribution >= 0.6 is 0 Å². The molecule has 0 atom stereocenters. The Bertz CT molecular complexity index is 354. The second-order valence-corrected chi connectivity index (χ2v) is 4.13. The summed E-state index contributed by atoms with van der Waals surface area (Å²) in [6, 6.07) is 0.298. The van der Waals surface area contributed by atoms with Crippen LogP contribution in [0.4, 0.5) is 5.82 Å². The van der Waals surface area contributed by atoms with Gasteiger partial charge in [-0.3, -0.25) is 9.48 Å². The van der Waals surface area contributed by atoms with Crippen molar-refractivity contribution in [2.24, 2.45) is 0 Å². The quantitative estimate of drug-likeness (QED) is 0.787. The van der Waals surface area contributed by atoms with Crippen LogP contribution in [0, 0.1) is 0 Å². The van der Waals surface area contributed by atoms with Crippen LogP contribution in [0.15, 0.2) is 6.20 Å². The zero-order chi connectivity index (χ0) is 11.6. The predicted octanol–water partition coefficient (Wildman–Crippen LogP) is 1.18. The van der Waals surface area contributed by atoms with Crippen molar-refractivity contribution in [3.05, 3.63) is 11.8 Å². The second-order valence-electron chi connectivity index (χ2n) is 4.13. The highest BCUT2D eigenvalue weighted by Gasteiger charge is 2.15. The summed E-state index contributed by atoms with van der Waals surface area (Å²) >= 11 is 0. The Kier molecular flexibility index (Phi) is 3.34. The normalized spacial score (nSPS) is 11.1. The molecule has 1 rings (SSSR count). The van der Waals surface area contributed by atoms with Gasteiger partial charge in [0, 0.05) is 18.3 Å². The Hall–Kier alpha value is -1.52. The van der Waals surface area contributed by atoms with Crippen LogP contribution in [0.5, 0.6) is 0 Å². The monoisotopic (exact) mass is 210 g/mol. The molecular formula is C10H18N4O. The number of hydrogen-bond acceptors (Lipinski definition) is 3. The molecular weight excluding hydrogens is 192 g/mol. The number of carbonyl (C=O) groups is 1. The van der Waals surface area contributed by atoms with Crippen molar-refractivity contribution in [1.82, 2.24) is 15.1 Å². The summed E-state index contributed by atoms with van der Waals surface area (Å²) < 4.78 is 1.69. The van der Waals surface area contributed by atoms with Crippen molar-refractivity contribution in [1.29, 1.82) is 0 Å². The number of carbonyl (C=O) groups excluding carboxylic acids is 1. The molecule has 0 aromatic carbocycles. The summed E-state index contributed by atoms with van der Waals surface area (Å²) in [5.74, 6) is 0.108. The zero-order valence-electron chi connectivity index (χ0n) is 9.61. The van der Waals surface area contributed by atoms with Gasteiger partial charge in [-0.2, -0.15) is 5.10 Å². The third-order valence-electron chi connectivity index (χ3n) is 1.95. The molecule has 0 aliphatic heterocycles. The van der Waals surface area contributed by atoms with Gasteiger partial charge in [0.2, 0.25) is 0 Å². The first-order valence-corrected chi connectivity index (χ1v) is 5.07. The standard InChI is InChI=1S/C10H18N4O/c1-6(2)12-10(15)8-5-14(7(3)4)13-9(8)11/h5-7H,1-4H3,(H2,11,13)(H,12,15). The maximum atomic E-state index is 11.7. The minimum Gasteiger partial charge on any atom is -0.382 e. The van der Waals surface area contributed by atoms with Crippen LogP contribution in [0.25, 0.3) is 0 Å². The van der Waals surface area contributed by atoms with Gasteiger partial charge in [-0.05, 0) is 27.7 Å². The summed E-state index contributed by atoms with van der Waals surface area (Å²) in [4.78, 5) is 11.7. The molecule has 0 unspecified atom stereocenters. The fraction of sp³-hybridized carbons (Fsp3) is 0.600. The van der Waals surface area contributed by atoms with E-state index >= 15 is 0 Å². The Morgan fingerprint density at radius 3 is 2.47 bits per heavy atom. The number of nitrogens with zero attached hydrogens (tertiary/aromatic N) is 2. The average Bonchev–Trinajstić information content (AvgIpc) is 2.46. The molecule has 84 valence electrons. The van der Waals surface area contributed by atoms with Crippen molar-refractivity contribution in [3.63, 3.8) is 0 Å². The van der Waals surface area contributed by atoms with E-state index in [0.29, 0.717) is 5.56 Å². The smallest absolute Gasteiger partial charge is 0.256 e. The van der Waals surface area contributed by atoms with E-state index in [9.17, 15) is 4.79 Å². The van der Waals surface area contributed by atoms with Crippen LogP contribution in [0.3, 0.4) is 0 Å². The molecule has 0 saturated heterocycles. The van der Waals surface area contributed by atoms with Crippen molar-refractivity contribution < 1.29 is 4.79 Å². The van der Waals surface area contributed by atoms with E-state index in [1.54, 1.807) is 10.9 Å². The maximum absolute atomic E-state index is 11.7. The summed E-state index contributed by atoms with van der Waals surface area (Å²) in [6.07, 6.45) is 1.68. The summed E-state index contributed by atoms with van der Waals surface area (Å²) in [7, 11) is 0. The fourth-order valence-corrected chi connectivity index (χ4v) is 1.18. The molecule has 0 fully saturated rings. The minimum absolute atomic E-state index is 0.0966. The van der Waals surface area contributed by atoms with Gasteiger partial charge >= 0.3 is 0 Å². The molecule has 5 heteroatoms. The highest BCUT2D eigenvalue weighted by atomic mass is 16.1.